The number of anilines is 2. The van der Waals surface area contributed by atoms with Crippen LogP contribution in [0.4, 0.5) is 11.9 Å². The molecule has 0 saturated heterocycles. The van der Waals surface area contributed by atoms with Gasteiger partial charge in [-0.1, -0.05) is 0 Å². The van der Waals surface area contributed by atoms with Crippen molar-refractivity contribution in [3.8, 4) is 0 Å². The van der Waals surface area contributed by atoms with E-state index in [2.05, 4.69) is 25.6 Å². The molecule has 8 nitrogen and oxygen atoms in total. The number of nitrogens with zero attached hydrogens (tertiary/aromatic N) is 3. The number of hydrogen-bond donors (Lipinski definition) is 2. The standard InChI is InChI=1S/C9H16N5O3P/c1-3-16-18(15,17-4-2)9-13-7-10-5-6-11-8(12-7)14-9/h3-6H2,1-2H3,(H2,10,11,12,13,14). The van der Waals surface area contributed by atoms with Gasteiger partial charge in [0.1, 0.15) is 0 Å². The molecule has 0 spiro atoms. The van der Waals surface area contributed by atoms with Crippen LogP contribution in [0.3, 0.4) is 0 Å². The smallest absolute Gasteiger partial charge is 0.352 e. The van der Waals surface area contributed by atoms with Crippen LogP contribution in [-0.2, 0) is 13.6 Å². The summed E-state index contributed by atoms with van der Waals surface area (Å²) in [7, 11) is -3.47. The largest absolute Gasteiger partial charge is 0.398 e. The summed E-state index contributed by atoms with van der Waals surface area (Å²) in [5.41, 5.74) is 0.0353. The SMILES string of the molecule is CCOP(=O)(OCC)c1nc2nc(n1)NCCN2. The Hall–Kier alpha value is -1.24. The molecule has 0 aromatic carbocycles. The number of rotatable bonds is 5. The summed E-state index contributed by atoms with van der Waals surface area (Å²) in [6.07, 6.45) is 0. The lowest BCUT2D eigenvalue weighted by molar-refractivity contribution is 0.228. The third kappa shape index (κ3) is 2.77. The Morgan fingerprint density at radius 2 is 1.56 bits per heavy atom. The van der Waals surface area contributed by atoms with Crippen molar-refractivity contribution in [3.63, 3.8) is 0 Å². The van der Waals surface area contributed by atoms with Crippen molar-refractivity contribution in [1.82, 2.24) is 15.0 Å². The van der Waals surface area contributed by atoms with Gasteiger partial charge in [-0.3, -0.25) is 4.57 Å². The Kier molecular flexibility index (Phi) is 4.11. The molecule has 1 aliphatic heterocycles. The molecule has 2 heterocycles. The zero-order valence-electron chi connectivity index (χ0n) is 10.3. The first-order valence-corrected chi connectivity index (χ1v) is 7.35. The Labute approximate surface area is 105 Å². The third-order valence-corrected chi connectivity index (χ3v) is 4.04. The van der Waals surface area contributed by atoms with Gasteiger partial charge < -0.3 is 19.7 Å². The van der Waals surface area contributed by atoms with E-state index in [9.17, 15) is 4.57 Å². The van der Waals surface area contributed by atoms with Crippen molar-refractivity contribution in [3.05, 3.63) is 0 Å². The van der Waals surface area contributed by atoms with Crippen LogP contribution in [0.2, 0.25) is 0 Å². The summed E-state index contributed by atoms with van der Waals surface area (Å²) in [5, 5.41) is 5.97. The van der Waals surface area contributed by atoms with E-state index in [1.165, 1.54) is 0 Å². The molecule has 2 bridgehead atoms. The monoisotopic (exact) mass is 273 g/mol. The van der Waals surface area contributed by atoms with E-state index in [4.69, 9.17) is 9.05 Å². The van der Waals surface area contributed by atoms with Crippen LogP contribution in [-0.4, -0.2) is 41.3 Å². The predicted octanol–water partition coefficient (Wildman–Crippen LogP) is 0.600. The van der Waals surface area contributed by atoms with Gasteiger partial charge in [-0.15, -0.1) is 0 Å². The average molecular weight is 273 g/mol. The van der Waals surface area contributed by atoms with Crippen molar-refractivity contribution >= 4 is 25.1 Å². The quantitative estimate of drug-likeness (QED) is 0.752. The Morgan fingerprint density at radius 1 is 1.06 bits per heavy atom. The fraction of sp³-hybridized carbons (Fsp3) is 0.667. The number of hydrogen-bond acceptors (Lipinski definition) is 8. The summed E-state index contributed by atoms with van der Waals surface area (Å²) < 4.78 is 22.9. The highest BCUT2D eigenvalue weighted by molar-refractivity contribution is 7.61. The molecule has 100 valence electrons. The average Bonchev–Trinajstić information content (AvgIpc) is 2.50. The number of nitrogens with one attached hydrogen (secondary N) is 2. The van der Waals surface area contributed by atoms with Gasteiger partial charge in [0.05, 0.1) is 13.2 Å². The maximum absolute atomic E-state index is 12.5. The Morgan fingerprint density at radius 3 is 2.00 bits per heavy atom. The summed E-state index contributed by atoms with van der Waals surface area (Å²) in [6.45, 7) is 5.33. The summed E-state index contributed by atoms with van der Waals surface area (Å²) in [6, 6.07) is 0. The van der Waals surface area contributed by atoms with Gasteiger partial charge >= 0.3 is 7.60 Å². The van der Waals surface area contributed by atoms with Crippen LogP contribution in [0, 0.1) is 0 Å². The Balaban J connectivity index is 2.38. The van der Waals surface area contributed by atoms with Crippen LogP contribution < -0.4 is 16.2 Å². The normalized spacial score (nSPS) is 14.6. The molecule has 0 saturated carbocycles. The van der Waals surface area contributed by atoms with Crippen molar-refractivity contribution < 1.29 is 13.6 Å². The van der Waals surface area contributed by atoms with Gasteiger partial charge in [-0.05, 0) is 13.8 Å². The minimum absolute atomic E-state index is 0.0353. The molecule has 2 rings (SSSR count). The van der Waals surface area contributed by atoms with Crippen LogP contribution in [0.15, 0.2) is 0 Å². The van der Waals surface area contributed by atoms with Gasteiger partial charge in [-0.25, -0.2) is 0 Å². The van der Waals surface area contributed by atoms with E-state index < -0.39 is 7.60 Å². The molecular formula is C9H16N5O3P. The van der Waals surface area contributed by atoms with E-state index in [0.29, 0.717) is 25.0 Å². The highest BCUT2D eigenvalue weighted by Gasteiger charge is 2.32. The van der Waals surface area contributed by atoms with Crippen molar-refractivity contribution in [1.29, 1.82) is 0 Å². The molecule has 2 N–H and O–H groups in total. The molecule has 0 amide bonds. The van der Waals surface area contributed by atoms with Crippen LogP contribution in [0.25, 0.3) is 0 Å². The lowest BCUT2D eigenvalue weighted by atomic mass is 10.6. The van der Waals surface area contributed by atoms with E-state index in [-0.39, 0.29) is 18.8 Å². The minimum Gasteiger partial charge on any atom is -0.352 e. The maximum atomic E-state index is 12.5. The highest BCUT2D eigenvalue weighted by Crippen LogP contribution is 2.45. The van der Waals surface area contributed by atoms with Gasteiger partial charge in [0.25, 0.3) is 0 Å². The number of aromatic nitrogens is 3. The van der Waals surface area contributed by atoms with E-state index in [1.807, 2.05) is 0 Å². The fourth-order valence-electron chi connectivity index (χ4n) is 1.49. The molecule has 0 atom stereocenters. The van der Waals surface area contributed by atoms with Crippen molar-refractivity contribution in [2.75, 3.05) is 36.9 Å². The second kappa shape index (κ2) is 5.60. The molecule has 1 aromatic heterocycles. The number of fused-ring (bicyclic) bond motifs is 2. The van der Waals surface area contributed by atoms with Gasteiger partial charge in [0.15, 0.2) is 0 Å². The molecule has 0 aliphatic carbocycles. The van der Waals surface area contributed by atoms with Gasteiger partial charge in [0, 0.05) is 13.1 Å². The second-order valence-corrected chi connectivity index (χ2v) is 5.38. The van der Waals surface area contributed by atoms with E-state index >= 15 is 0 Å². The topological polar surface area (TPSA) is 98.3 Å². The first-order chi connectivity index (χ1) is 8.68. The highest BCUT2D eigenvalue weighted by atomic mass is 31.2. The lowest BCUT2D eigenvalue weighted by Gasteiger charge is -2.15. The summed E-state index contributed by atoms with van der Waals surface area (Å²) >= 11 is 0. The summed E-state index contributed by atoms with van der Waals surface area (Å²) in [5.74, 6) is 0.749. The molecule has 18 heavy (non-hydrogen) atoms. The van der Waals surface area contributed by atoms with Gasteiger partial charge in [-0.2, -0.15) is 15.0 Å². The van der Waals surface area contributed by atoms with Gasteiger partial charge in [0.2, 0.25) is 17.5 Å². The van der Waals surface area contributed by atoms with E-state index in [0.717, 1.165) is 0 Å². The molecule has 1 aromatic rings. The lowest BCUT2D eigenvalue weighted by Crippen LogP contribution is -2.21. The van der Waals surface area contributed by atoms with Crippen molar-refractivity contribution in [2.24, 2.45) is 0 Å². The molecule has 0 radical (unpaired) electrons. The predicted molar refractivity (Wildman–Crippen MR) is 67.3 cm³/mol. The maximum Gasteiger partial charge on any atom is 0.398 e. The zero-order chi connectivity index (χ0) is 13.0. The van der Waals surface area contributed by atoms with E-state index in [1.54, 1.807) is 13.8 Å². The minimum atomic E-state index is -3.47. The molecule has 0 unspecified atom stereocenters. The van der Waals surface area contributed by atoms with Crippen LogP contribution >= 0.6 is 7.60 Å². The summed E-state index contributed by atoms with van der Waals surface area (Å²) in [4.78, 5) is 12.3. The first kappa shape index (κ1) is 13.2. The first-order valence-electron chi connectivity index (χ1n) is 5.81. The molecule has 1 aliphatic rings. The van der Waals surface area contributed by atoms with Crippen LogP contribution in [0.1, 0.15) is 13.8 Å². The zero-order valence-corrected chi connectivity index (χ0v) is 11.2. The molecule has 9 heteroatoms. The second-order valence-electron chi connectivity index (χ2n) is 3.47. The molecule has 0 fully saturated rings. The Bertz CT molecular complexity index is 435. The molecular weight excluding hydrogens is 257 g/mol. The van der Waals surface area contributed by atoms with Crippen LogP contribution in [0.5, 0.6) is 0 Å². The van der Waals surface area contributed by atoms with Crippen molar-refractivity contribution in [2.45, 2.75) is 13.8 Å². The third-order valence-electron chi connectivity index (χ3n) is 2.16. The fourth-order valence-corrected chi connectivity index (χ4v) is 2.91.